The first-order valence-electron chi connectivity index (χ1n) is 17.7. The number of carbonyl (C=O) groups is 4. The third kappa shape index (κ3) is 11.4. The maximum Gasteiger partial charge on any atom is 0.326 e. The standard InChI is InChI=1S/C41H50ClN5O5/c1-27(2)23-36(47(37(48)25-32-12-7-9-16-34(32)42)22-21-46(5)26-29-17-19-43-20-18-29)40(50)44-35(39(49)45-38(28(3)4)41(51)52)24-31-14-10-13-30-11-6-8-15-33(30)31/h6-20,27-28,35-36,38H,21-26H2,1-5H3,(H,44,50)(H,45,49)(H,51,52). The molecule has 3 aromatic carbocycles. The Bertz CT molecular complexity index is 1810. The number of hydrogen-bond donors (Lipinski definition) is 3. The first-order valence-corrected chi connectivity index (χ1v) is 18.1. The van der Waals surface area contributed by atoms with Gasteiger partial charge in [0, 0.05) is 43.5 Å². The zero-order valence-electron chi connectivity index (χ0n) is 30.6. The number of fused-ring (bicyclic) bond motifs is 1. The maximum atomic E-state index is 14.6. The van der Waals surface area contributed by atoms with Crippen LogP contribution in [0.25, 0.3) is 10.8 Å². The number of halogens is 1. The number of pyridine rings is 1. The summed E-state index contributed by atoms with van der Waals surface area (Å²) in [6.45, 7) is 8.70. The van der Waals surface area contributed by atoms with Crippen molar-refractivity contribution in [2.75, 3.05) is 20.1 Å². The molecule has 0 saturated carbocycles. The number of carbonyl (C=O) groups excluding carboxylic acids is 3. The van der Waals surface area contributed by atoms with Gasteiger partial charge in [-0.3, -0.25) is 19.4 Å². The predicted octanol–water partition coefficient (Wildman–Crippen LogP) is 5.76. The number of benzene rings is 3. The number of carboxylic acids is 1. The molecule has 0 saturated heterocycles. The van der Waals surface area contributed by atoms with Crippen molar-refractivity contribution in [3.05, 3.63) is 113 Å². The second-order valence-corrected chi connectivity index (χ2v) is 14.5. The summed E-state index contributed by atoms with van der Waals surface area (Å²) in [5.74, 6) is -2.92. The van der Waals surface area contributed by atoms with Gasteiger partial charge in [-0.1, -0.05) is 100.0 Å². The van der Waals surface area contributed by atoms with Crippen molar-refractivity contribution in [1.29, 1.82) is 0 Å². The number of hydrogen-bond acceptors (Lipinski definition) is 6. The monoisotopic (exact) mass is 727 g/mol. The molecule has 1 heterocycles. The van der Waals surface area contributed by atoms with Gasteiger partial charge in [0.1, 0.15) is 18.1 Å². The molecule has 3 amide bonds. The number of rotatable bonds is 18. The normalized spacial score (nSPS) is 13.2. The van der Waals surface area contributed by atoms with Gasteiger partial charge in [0.2, 0.25) is 17.7 Å². The van der Waals surface area contributed by atoms with Gasteiger partial charge in [-0.05, 0) is 71.0 Å². The molecule has 1 aromatic heterocycles. The van der Waals surface area contributed by atoms with Crippen LogP contribution in [0.15, 0.2) is 91.3 Å². The van der Waals surface area contributed by atoms with Crippen LogP contribution in [0.3, 0.4) is 0 Å². The van der Waals surface area contributed by atoms with Gasteiger partial charge in [-0.15, -0.1) is 0 Å². The molecule has 0 radical (unpaired) electrons. The predicted molar refractivity (Wildman–Crippen MR) is 205 cm³/mol. The van der Waals surface area contributed by atoms with Gasteiger partial charge in [-0.2, -0.15) is 0 Å². The van der Waals surface area contributed by atoms with Gasteiger partial charge in [0.05, 0.1) is 6.42 Å². The number of carboxylic acid groups (broad SMARTS) is 1. The summed E-state index contributed by atoms with van der Waals surface area (Å²) in [6, 6.07) is 21.3. The average molecular weight is 728 g/mol. The van der Waals surface area contributed by atoms with Crippen molar-refractivity contribution in [2.45, 2.75) is 71.6 Å². The third-order valence-corrected chi connectivity index (χ3v) is 9.45. The van der Waals surface area contributed by atoms with E-state index in [0.29, 0.717) is 30.1 Å². The zero-order chi connectivity index (χ0) is 37.8. The number of likely N-dealkylation sites (N-methyl/N-ethyl adjacent to an activating group) is 1. The fraction of sp³-hybridized carbons (Fsp3) is 0.390. The SMILES string of the molecule is CC(C)CC(C(=O)NC(Cc1cccc2ccccc12)C(=O)NC(C(=O)O)C(C)C)N(CCN(C)Cc1ccncc1)C(=O)Cc1ccccc1Cl. The summed E-state index contributed by atoms with van der Waals surface area (Å²) in [5, 5.41) is 17.9. The highest BCUT2D eigenvalue weighted by Crippen LogP contribution is 2.22. The van der Waals surface area contributed by atoms with Gasteiger partial charge in [-0.25, -0.2) is 4.79 Å². The van der Waals surface area contributed by atoms with Crippen molar-refractivity contribution < 1.29 is 24.3 Å². The average Bonchev–Trinajstić information content (AvgIpc) is 3.10. The number of aliphatic carboxylic acids is 1. The second kappa shape index (κ2) is 19.2. The van der Waals surface area contributed by atoms with E-state index in [0.717, 1.165) is 21.9 Å². The molecule has 0 aliphatic heterocycles. The molecule has 0 spiro atoms. The number of aromatic nitrogens is 1. The maximum absolute atomic E-state index is 14.6. The Morgan fingerprint density at radius 3 is 2.13 bits per heavy atom. The Balaban J connectivity index is 1.68. The van der Waals surface area contributed by atoms with E-state index < -0.39 is 41.8 Å². The Hall–Kier alpha value is -4.80. The Morgan fingerprint density at radius 1 is 0.808 bits per heavy atom. The molecule has 4 aromatic rings. The molecule has 11 heteroatoms. The molecule has 0 bridgehead atoms. The molecule has 3 unspecified atom stereocenters. The summed E-state index contributed by atoms with van der Waals surface area (Å²) in [5.41, 5.74) is 2.53. The van der Waals surface area contributed by atoms with E-state index in [2.05, 4.69) is 20.5 Å². The van der Waals surface area contributed by atoms with E-state index in [9.17, 15) is 24.3 Å². The largest absolute Gasteiger partial charge is 0.480 e. The minimum atomic E-state index is -1.16. The Labute approximate surface area is 311 Å². The summed E-state index contributed by atoms with van der Waals surface area (Å²) in [7, 11) is 1.95. The van der Waals surface area contributed by atoms with Crippen LogP contribution in [-0.4, -0.2) is 81.8 Å². The zero-order valence-corrected chi connectivity index (χ0v) is 31.3. The number of nitrogens with one attached hydrogen (secondary N) is 2. The lowest BCUT2D eigenvalue weighted by Crippen LogP contribution is -2.58. The smallest absolute Gasteiger partial charge is 0.326 e. The van der Waals surface area contributed by atoms with Gasteiger partial charge in [0.25, 0.3) is 0 Å². The van der Waals surface area contributed by atoms with E-state index in [1.54, 1.807) is 49.3 Å². The van der Waals surface area contributed by atoms with Crippen molar-refractivity contribution in [1.82, 2.24) is 25.4 Å². The van der Waals surface area contributed by atoms with Crippen LogP contribution >= 0.6 is 11.6 Å². The molecule has 52 heavy (non-hydrogen) atoms. The number of nitrogens with zero attached hydrogens (tertiary/aromatic N) is 3. The van der Waals surface area contributed by atoms with E-state index in [1.165, 1.54) is 0 Å². The fourth-order valence-electron chi connectivity index (χ4n) is 6.28. The van der Waals surface area contributed by atoms with Gasteiger partial charge >= 0.3 is 5.97 Å². The highest BCUT2D eigenvalue weighted by Gasteiger charge is 2.35. The van der Waals surface area contributed by atoms with E-state index >= 15 is 0 Å². The molecule has 276 valence electrons. The molecule has 0 aliphatic rings. The van der Waals surface area contributed by atoms with Crippen LogP contribution in [0, 0.1) is 11.8 Å². The molecule has 3 atom stereocenters. The Morgan fingerprint density at radius 2 is 1.46 bits per heavy atom. The van der Waals surface area contributed by atoms with Gasteiger partial charge in [0.15, 0.2) is 0 Å². The van der Waals surface area contributed by atoms with Crippen LogP contribution < -0.4 is 10.6 Å². The van der Waals surface area contributed by atoms with Crippen LogP contribution in [0.2, 0.25) is 5.02 Å². The van der Waals surface area contributed by atoms with E-state index in [4.69, 9.17) is 11.6 Å². The first kappa shape index (κ1) is 40.0. The summed E-state index contributed by atoms with van der Waals surface area (Å²) in [6.07, 6.45) is 3.90. The summed E-state index contributed by atoms with van der Waals surface area (Å²) >= 11 is 6.48. The lowest BCUT2D eigenvalue weighted by molar-refractivity contribution is -0.144. The number of amides is 3. The summed E-state index contributed by atoms with van der Waals surface area (Å²) in [4.78, 5) is 62.6. The van der Waals surface area contributed by atoms with Crippen LogP contribution in [0.5, 0.6) is 0 Å². The molecule has 10 nitrogen and oxygen atoms in total. The molecule has 3 N–H and O–H groups in total. The van der Waals surface area contributed by atoms with Crippen molar-refractivity contribution in [3.8, 4) is 0 Å². The first-order chi connectivity index (χ1) is 24.8. The highest BCUT2D eigenvalue weighted by atomic mass is 35.5. The molecular formula is C41H50ClN5O5. The topological polar surface area (TPSA) is 132 Å². The van der Waals surface area contributed by atoms with Crippen LogP contribution in [-0.2, 0) is 38.6 Å². The van der Waals surface area contributed by atoms with E-state index in [1.807, 2.05) is 81.6 Å². The second-order valence-electron chi connectivity index (χ2n) is 14.1. The van der Waals surface area contributed by atoms with Crippen molar-refractivity contribution in [2.24, 2.45) is 11.8 Å². The quantitative estimate of drug-likeness (QED) is 0.119. The fourth-order valence-corrected chi connectivity index (χ4v) is 6.48. The van der Waals surface area contributed by atoms with Crippen LogP contribution in [0.4, 0.5) is 0 Å². The lowest BCUT2D eigenvalue weighted by Gasteiger charge is -2.35. The Kier molecular flexibility index (Phi) is 14.7. The molecule has 0 aliphatic carbocycles. The summed E-state index contributed by atoms with van der Waals surface area (Å²) < 4.78 is 0. The van der Waals surface area contributed by atoms with Gasteiger partial charge < -0.3 is 25.5 Å². The minimum Gasteiger partial charge on any atom is -0.480 e. The molecule has 0 fully saturated rings. The van der Waals surface area contributed by atoms with Crippen LogP contribution in [0.1, 0.15) is 50.8 Å². The molecular weight excluding hydrogens is 678 g/mol. The van der Waals surface area contributed by atoms with Crippen molar-refractivity contribution >= 4 is 46.1 Å². The highest BCUT2D eigenvalue weighted by molar-refractivity contribution is 6.31. The van der Waals surface area contributed by atoms with Crippen molar-refractivity contribution in [3.63, 3.8) is 0 Å². The van der Waals surface area contributed by atoms with E-state index in [-0.39, 0.29) is 31.2 Å². The molecule has 4 rings (SSSR count). The minimum absolute atomic E-state index is 0.00971. The lowest BCUT2D eigenvalue weighted by atomic mass is 9.96. The third-order valence-electron chi connectivity index (χ3n) is 9.09.